The summed E-state index contributed by atoms with van der Waals surface area (Å²) in [5.41, 5.74) is 3.48. The maximum atomic E-state index is 13.6. The van der Waals surface area contributed by atoms with Crippen LogP contribution in [0.3, 0.4) is 0 Å². The Morgan fingerprint density at radius 2 is 1.82 bits per heavy atom. The largest absolute Gasteiger partial charge is 0.494 e. The fourth-order valence-electron chi connectivity index (χ4n) is 3.89. The molecule has 0 N–H and O–H groups in total. The van der Waals surface area contributed by atoms with Gasteiger partial charge in [-0.2, -0.15) is 0 Å². The lowest BCUT2D eigenvalue weighted by Gasteiger charge is -2.26. The number of aromatic nitrogens is 1. The van der Waals surface area contributed by atoms with E-state index in [1.807, 2.05) is 68.5 Å². The topological polar surface area (TPSA) is 69.9 Å². The zero-order chi connectivity index (χ0) is 23.5. The number of hydrogen-bond acceptors (Lipinski definition) is 6. The number of hydrogen-bond donors (Lipinski definition) is 0. The van der Waals surface area contributed by atoms with E-state index in [1.165, 1.54) is 11.3 Å². The molecule has 4 rings (SSSR count). The van der Waals surface area contributed by atoms with Crippen LogP contribution in [0.5, 0.6) is 5.75 Å². The number of esters is 1. The molecule has 170 valence electrons. The summed E-state index contributed by atoms with van der Waals surface area (Å²) >= 11 is 1.31. The van der Waals surface area contributed by atoms with E-state index in [2.05, 4.69) is 4.99 Å². The normalized spacial score (nSPS) is 15.8. The summed E-state index contributed by atoms with van der Waals surface area (Å²) < 4.78 is 13.3. The second-order valence-corrected chi connectivity index (χ2v) is 8.69. The fraction of sp³-hybridized carbons (Fsp3) is 0.269. The number of fused-ring (bicyclic) bond motifs is 1. The first-order valence-electron chi connectivity index (χ1n) is 10.9. The van der Waals surface area contributed by atoms with E-state index in [4.69, 9.17) is 9.47 Å². The van der Waals surface area contributed by atoms with E-state index in [1.54, 1.807) is 18.4 Å². The summed E-state index contributed by atoms with van der Waals surface area (Å²) in [6.07, 6.45) is 1.86. The molecule has 7 heteroatoms. The third-order valence-corrected chi connectivity index (χ3v) is 6.39. The standard InChI is InChI=1S/C26H26N2O4S/c1-5-31-20-10-8-7-9-19(20)23-22(25(30)32-6-2)17(4)27-26-28(23)24(29)21(33-26)15-18-13-11-16(3)12-14-18/h7-15,23H,5-6H2,1-4H3. The van der Waals surface area contributed by atoms with Crippen LogP contribution >= 0.6 is 11.3 Å². The summed E-state index contributed by atoms with van der Waals surface area (Å²) in [4.78, 5) is 31.8. The number of rotatable bonds is 6. The summed E-state index contributed by atoms with van der Waals surface area (Å²) in [6, 6.07) is 14.7. The molecular formula is C26H26N2O4S. The minimum Gasteiger partial charge on any atom is -0.494 e. The Morgan fingerprint density at radius 3 is 2.52 bits per heavy atom. The van der Waals surface area contributed by atoms with Gasteiger partial charge in [0.2, 0.25) is 0 Å². The Morgan fingerprint density at radius 1 is 1.09 bits per heavy atom. The number of nitrogens with zero attached hydrogens (tertiary/aromatic N) is 2. The van der Waals surface area contributed by atoms with E-state index in [-0.39, 0.29) is 12.2 Å². The van der Waals surface area contributed by atoms with E-state index >= 15 is 0 Å². The highest BCUT2D eigenvalue weighted by Crippen LogP contribution is 2.35. The van der Waals surface area contributed by atoms with Crippen LogP contribution in [0.15, 0.2) is 69.6 Å². The quantitative estimate of drug-likeness (QED) is 0.526. The minimum atomic E-state index is -0.691. The van der Waals surface area contributed by atoms with Crippen LogP contribution in [-0.4, -0.2) is 23.8 Å². The molecule has 1 aliphatic rings. The first kappa shape index (κ1) is 22.7. The van der Waals surface area contributed by atoms with Gasteiger partial charge < -0.3 is 9.47 Å². The predicted octanol–water partition coefficient (Wildman–Crippen LogP) is 3.51. The highest BCUT2D eigenvalue weighted by Gasteiger charge is 2.34. The van der Waals surface area contributed by atoms with Crippen LogP contribution in [0, 0.1) is 6.92 Å². The van der Waals surface area contributed by atoms with Crippen molar-refractivity contribution in [2.45, 2.75) is 33.7 Å². The SMILES string of the molecule is CCOC(=O)C1=C(C)N=c2sc(=Cc3ccc(C)cc3)c(=O)n2C1c1ccccc1OCC. The van der Waals surface area contributed by atoms with Gasteiger partial charge in [0, 0.05) is 5.56 Å². The maximum Gasteiger partial charge on any atom is 0.338 e. The Balaban J connectivity index is 1.98. The second kappa shape index (κ2) is 9.58. The van der Waals surface area contributed by atoms with Crippen LogP contribution in [-0.2, 0) is 9.53 Å². The average molecular weight is 463 g/mol. The molecule has 1 unspecified atom stereocenters. The molecule has 33 heavy (non-hydrogen) atoms. The Kier molecular flexibility index (Phi) is 6.60. The first-order valence-corrected chi connectivity index (χ1v) is 11.7. The Bertz CT molecular complexity index is 1400. The lowest BCUT2D eigenvalue weighted by Crippen LogP contribution is -2.40. The zero-order valence-corrected chi connectivity index (χ0v) is 19.9. The van der Waals surface area contributed by atoms with Crippen molar-refractivity contribution in [3.8, 4) is 5.75 Å². The fourth-order valence-corrected chi connectivity index (χ4v) is 4.94. The number of carbonyl (C=O) groups is 1. The molecule has 0 fully saturated rings. The van der Waals surface area contributed by atoms with Gasteiger partial charge in [0.1, 0.15) is 11.8 Å². The first-order chi connectivity index (χ1) is 15.9. The summed E-state index contributed by atoms with van der Waals surface area (Å²) in [6.45, 7) is 8.15. The highest BCUT2D eigenvalue weighted by molar-refractivity contribution is 7.07. The van der Waals surface area contributed by atoms with Crippen molar-refractivity contribution < 1.29 is 14.3 Å². The predicted molar refractivity (Wildman–Crippen MR) is 129 cm³/mol. The van der Waals surface area contributed by atoms with Gasteiger partial charge in [-0.05, 0) is 45.4 Å². The molecule has 1 aromatic heterocycles. The third-order valence-electron chi connectivity index (χ3n) is 5.41. The van der Waals surface area contributed by atoms with Gasteiger partial charge in [-0.1, -0.05) is 59.4 Å². The number of ether oxygens (including phenoxy) is 2. The van der Waals surface area contributed by atoms with Crippen molar-refractivity contribution in [1.29, 1.82) is 0 Å². The van der Waals surface area contributed by atoms with Crippen LogP contribution in [0.1, 0.15) is 43.5 Å². The molecule has 1 atom stereocenters. The number of thiazole rings is 1. The summed E-state index contributed by atoms with van der Waals surface area (Å²) in [5, 5.41) is 0. The number of benzene rings is 2. The third kappa shape index (κ3) is 4.41. The Labute approximate surface area is 196 Å². The van der Waals surface area contributed by atoms with E-state index in [0.717, 1.165) is 16.7 Å². The van der Waals surface area contributed by atoms with Crippen LogP contribution in [0.4, 0.5) is 0 Å². The van der Waals surface area contributed by atoms with Gasteiger partial charge in [0.25, 0.3) is 5.56 Å². The van der Waals surface area contributed by atoms with E-state index in [9.17, 15) is 9.59 Å². The van der Waals surface area contributed by atoms with E-state index in [0.29, 0.717) is 33.0 Å². The highest BCUT2D eigenvalue weighted by atomic mass is 32.1. The molecule has 0 spiro atoms. The number of aryl methyl sites for hydroxylation is 1. The van der Waals surface area contributed by atoms with Crippen molar-refractivity contribution >= 4 is 23.4 Å². The van der Waals surface area contributed by atoms with Gasteiger partial charge in [-0.3, -0.25) is 9.36 Å². The smallest absolute Gasteiger partial charge is 0.338 e. The molecular weight excluding hydrogens is 436 g/mol. The zero-order valence-electron chi connectivity index (χ0n) is 19.1. The molecule has 6 nitrogen and oxygen atoms in total. The average Bonchev–Trinajstić information content (AvgIpc) is 3.10. The second-order valence-electron chi connectivity index (χ2n) is 7.68. The molecule has 3 aromatic rings. The van der Waals surface area contributed by atoms with Gasteiger partial charge in [-0.25, -0.2) is 9.79 Å². The summed E-state index contributed by atoms with van der Waals surface area (Å²) in [7, 11) is 0. The van der Waals surface area contributed by atoms with Crippen LogP contribution < -0.4 is 19.6 Å². The molecule has 0 saturated heterocycles. The molecule has 1 aliphatic heterocycles. The lowest BCUT2D eigenvalue weighted by atomic mass is 9.95. The number of carbonyl (C=O) groups excluding carboxylic acids is 1. The Hall–Kier alpha value is -3.45. The van der Waals surface area contributed by atoms with Crippen molar-refractivity contribution in [3.05, 3.63) is 96.2 Å². The monoisotopic (exact) mass is 462 g/mol. The van der Waals surface area contributed by atoms with Gasteiger partial charge in [0.15, 0.2) is 4.80 Å². The minimum absolute atomic E-state index is 0.204. The van der Waals surface area contributed by atoms with Gasteiger partial charge >= 0.3 is 5.97 Å². The van der Waals surface area contributed by atoms with Crippen molar-refractivity contribution in [3.63, 3.8) is 0 Å². The number of allylic oxidation sites excluding steroid dienone is 1. The van der Waals surface area contributed by atoms with Crippen molar-refractivity contribution in [1.82, 2.24) is 4.57 Å². The lowest BCUT2D eigenvalue weighted by molar-refractivity contribution is -0.139. The van der Waals surface area contributed by atoms with Gasteiger partial charge in [0.05, 0.1) is 29.0 Å². The van der Waals surface area contributed by atoms with Crippen molar-refractivity contribution in [2.24, 2.45) is 4.99 Å². The molecule has 0 amide bonds. The number of para-hydroxylation sites is 1. The van der Waals surface area contributed by atoms with E-state index < -0.39 is 12.0 Å². The molecule has 0 saturated carbocycles. The maximum absolute atomic E-state index is 13.6. The summed E-state index contributed by atoms with van der Waals surface area (Å²) in [5.74, 6) is 0.137. The van der Waals surface area contributed by atoms with Crippen LogP contribution in [0.25, 0.3) is 6.08 Å². The molecule has 0 aliphatic carbocycles. The van der Waals surface area contributed by atoms with Crippen LogP contribution in [0.2, 0.25) is 0 Å². The molecule has 2 heterocycles. The molecule has 0 bridgehead atoms. The van der Waals surface area contributed by atoms with Crippen molar-refractivity contribution in [2.75, 3.05) is 13.2 Å². The molecule has 0 radical (unpaired) electrons. The van der Waals surface area contributed by atoms with Gasteiger partial charge in [-0.15, -0.1) is 0 Å². The molecule has 2 aromatic carbocycles.